The van der Waals surface area contributed by atoms with Crippen molar-refractivity contribution in [3.8, 4) is 11.5 Å². The number of rotatable bonds is 10. The van der Waals surface area contributed by atoms with E-state index in [1.54, 1.807) is 37.3 Å². The van der Waals surface area contributed by atoms with Crippen molar-refractivity contribution in [3.05, 3.63) is 83.9 Å². The van der Waals surface area contributed by atoms with Crippen molar-refractivity contribution >= 4 is 26.1 Å². The van der Waals surface area contributed by atoms with Crippen LogP contribution in [0.4, 0.5) is 0 Å². The highest BCUT2D eigenvalue weighted by molar-refractivity contribution is 7.91. The van der Waals surface area contributed by atoms with Crippen molar-refractivity contribution in [2.24, 2.45) is 0 Å². The summed E-state index contributed by atoms with van der Waals surface area (Å²) in [5.74, 6) is -1.60. The van der Waals surface area contributed by atoms with Gasteiger partial charge in [0.05, 0.1) is 6.42 Å². The maximum atomic E-state index is 13.6. The third-order valence-corrected chi connectivity index (χ3v) is 8.09. The van der Waals surface area contributed by atoms with E-state index in [2.05, 4.69) is 0 Å². The molecule has 0 spiro atoms. The summed E-state index contributed by atoms with van der Waals surface area (Å²) >= 11 is 0. The lowest BCUT2D eigenvalue weighted by molar-refractivity contribution is -0.137. The van der Waals surface area contributed by atoms with Crippen LogP contribution in [0.3, 0.4) is 0 Å². The Hall–Kier alpha value is -3.41. The Labute approximate surface area is 198 Å². The van der Waals surface area contributed by atoms with E-state index in [1.165, 1.54) is 24.3 Å². The fourth-order valence-electron chi connectivity index (χ4n) is 3.25. The van der Waals surface area contributed by atoms with Gasteiger partial charge in [0, 0.05) is 19.2 Å². The number of carboxylic acid groups (broad SMARTS) is 1. The fraction of sp³-hybridized carbons (Fsp3) is 0.174. The number of nitrogens with zero attached hydrogens (tertiary/aromatic N) is 1. The number of carboxylic acids is 1. The minimum atomic E-state index is -4.63. The van der Waals surface area contributed by atoms with E-state index in [-0.39, 0.29) is 24.6 Å². The molecule has 0 saturated heterocycles. The fourth-order valence-corrected chi connectivity index (χ4v) is 6.37. The molecule has 0 aliphatic carbocycles. The zero-order valence-electron chi connectivity index (χ0n) is 18.2. The number of phenols is 1. The van der Waals surface area contributed by atoms with Crippen LogP contribution in [0.5, 0.6) is 11.5 Å². The van der Waals surface area contributed by atoms with Crippen LogP contribution in [0, 0.1) is 6.92 Å². The van der Waals surface area contributed by atoms with Gasteiger partial charge >= 0.3 is 16.1 Å². The van der Waals surface area contributed by atoms with Crippen molar-refractivity contribution in [2.75, 3.05) is 6.54 Å². The standard InChI is InChI=1S/C23H23NO8S2/c1-17-13-19(25)15-20(14-17)32-34(30,31)22-10-6-5-9-21(22)33(28,29)24(12-11-23(26)27)16-18-7-3-2-4-8-18/h2-10,13-15,25H,11-12,16H2,1H3,(H,26,27). The molecule has 0 atom stereocenters. The second-order valence-corrected chi connectivity index (χ2v) is 10.9. The van der Waals surface area contributed by atoms with E-state index in [0.29, 0.717) is 11.1 Å². The first-order chi connectivity index (χ1) is 16.0. The van der Waals surface area contributed by atoms with Crippen LogP contribution >= 0.6 is 0 Å². The Morgan fingerprint density at radius 1 is 0.912 bits per heavy atom. The average Bonchev–Trinajstić information content (AvgIpc) is 2.76. The van der Waals surface area contributed by atoms with E-state index >= 15 is 0 Å². The molecule has 0 heterocycles. The molecular formula is C23H23NO8S2. The quantitative estimate of drug-likeness (QED) is 0.401. The van der Waals surface area contributed by atoms with Gasteiger partial charge in [0.2, 0.25) is 10.0 Å². The average molecular weight is 506 g/mol. The molecule has 9 nitrogen and oxygen atoms in total. The molecule has 0 unspecified atom stereocenters. The predicted octanol–water partition coefficient (Wildman–Crippen LogP) is 3.13. The predicted molar refractivity (Wildman–Crippen MR) is 123 cm³/mol. The summed E-state index contributed by atoms with van der Waals surface area (Å²) in [5.41, 5.74) is 1.14. The summed E-state index contributed by atoms with van der Waals surface area (Å²) in [5, 5.41) is 18.8. The second kappa shape index (κ2) is 10.2. The van der Waals surface area contributed by atoms with Gasteiger partial charge in [-0.2, -0.15) is 12.7 Å². The van der Waals surface area contributed by atoms with Crippen molar-refractivity contribution in [3.63, 3.8) is 0 Å². The van der Waals surface area contributed by atoms with E-state index in [4.69, 9.17) is 9.29 Å². The Balaban J connectivity index is 2.04. The SMILES string of the molecule is Cc1cc(O)cc(OS(=O)(=O)c2ccccc2S(=O)(=O)N(CCC(=O)O)Cc2ccccc2)c1. The van der Waals surface area contributed by atoms with Crippen LogP contribution in [-0.4, -0.2) is 43.9 Å². The molecule has 3 aromatic carbocycles. The third kappa shape index (κ3) is 6.13. The van der Waals surface area contributed by atoms with Crippen molar-refractivity contribution in [1.82, 2.24) is 4.31 Å². The van der Waals surface area contributed by atoms with Crippen molar-refractivity contribution < 1.29 is 36.0 Å². The first-order valence-electron chi connectivity index (χ1n) is 10.1. The van der Waals surface area contributed by atoms with Crippen LogP contribution in [-0.2, 0) is 31.5 Å². The first kappa shape index (κ1) is 25.2. The molecule has 0 aromatic heterocycles. The first-order valence-corrected chi connectivity index (χ1v) is 12.9. The van der Waals surface area contributed by atoms with Gasteiger partial charge < -0.3 is 14.4 Å². The maximum Gasteiger partial charge on any atom is 0.340 e. The van der Waals surface area contributed by atoms with Gasteiger partial charge in [-0.1, -0.05) is 42.5 Å². The van der Waals surface area contributed by atoms with Crippen LogP contribution in [0.25, 0.3) is 0 Å². The lowest BCUT2D eigenvalue weighted by Gasteiger charge is -2.23. The summed E-state index contributed by atoms with van der Waals surface area (Å²) in [6.07, 6.45) is -0.472. The van der Waals surface area contributed by atoms with Crippen molar-refractivity contribution in [2.45, 2.75) is 29.7 Å². The number of hydrogen-bond acceptors (Lipinski definition) is 7. The Morgan fingerprint density at radius 3 is 2.15 bits per heavy atom. The number of aromatic hydroxyl groups is 1. The van der Waals surface area contributed by atoms with Gasteiger partial charge in [0.15, 0.2) is 0 Å². The molecule has 0 saturated carbocycles. The zero-order chi connectivity index (χ0) is 24.9. The highest BCUT2D eigenvalue weighted by Gasteiger charge is 2.32. The highest BCUT2D eigenvalue weighted by atomic mass is 32.2. The van der Waals surface area contributed by atoms with Crippen molar-refractivity contribution in [1.29, 1.82) is 0 Å². The Morgan fingerprint density at radius 2 is 1.53 bits per heavy atom. The van der Waals surface area contributed by atoms with Crippen LogP contribution < -0.4 is 4.18 Å². The van der Waals surface area contributed by atoms with E-state index in [9.17, 15) is 26.7 Å². The Kier molecular flexibility index (Phi) is 7.60. The van der Waals surface area contributed by atoms with Gasteiger partial charge in [-0.05, 0) is 42.3 Å². The number of aliphatic carboxylic acids is 1. The van der Waals surface area contributed by atoms with Gasteiger partial charge in [-0.15, -0.1) is 0 Å². The van der Waals surface area contributed by atoms with Gasteiger partial charge in [0.1, 0.15) is 21.3 Å². The number of carbonyl (C=O) groups is 1. The topological polar surface area (TPSA) is 138 Å². The second-order valence-electron chi connectivity index (χ2n) is 7.46. The minimum absolute atomic E-state index is 0.155. The van der Waals surface area contributed by atoms with E-state index < -0.39 is 42.3 Å². The lowest BCUT2D eigenvalue weighted by Crippen LogP contribution is -2.33. The summed E-state index contributed by atoms with van der Waals surface area (Å²) in [6, 6.07) is 17.3. The van der Waals surface area contributed by atoms with E-state index in [1.807, 2.05) is 0 Å². The number of aryl methyl sites for hydroxylation is 1. The normalized spacial score (nSPS) is 11.9. The maximum absolute atomic E-state index is 13.6. The smallest absolute Gasteiger partial charge is 0.340 e. The highest BCUT2D eigenvalue weighted by Crippen LogP contribution is 2.29. The number of phenolic OH excluding ortho intramolecular Hbond substituents is 1. The van der Waals surface area contributed by atoms with Crippen LogP contribution in [0.1, 0.15) is 17.5 Å². The molecule has 11 heteroatoms. The number of benzene rings is 3. The molecule has 3 rings (SSSR count). The van der Waals surface area contributed by atoms with Gasteiger partial charge in [-0.25, -0.2) is 8.42 Å². The molecule has 0 aliphatic rings. The third-order valence-electron chi connectivity index (χ3n) is 4.75. The molecule has 3 aromatic rings. The summed E-state index contributed by atoms with van der Waals surface area (Å²) < 4.78 is 59.3. The summed E-state index contributed by atoms with van der Waals surface area (Å²) in [4.78, 5) is 9.99. The lowest BCUT2D eigenvalue weighted by atomic mass is 10.2. The molecule has 34 heavy (non-hydrogen) atoms. The van der Waals surface area contributed by atoms with E-state index in [0.717, 1.165) is 22.5 Å². The van der Waals surface area contributed by atoms with Crippen LogP contribution in [0.15, 0.2) is 82.6 Å². The number of sulfonamides is 1. The molecule has 0 fully saturated rings. The van der Waals surface area contributed by atoms with Crippen LogP contribution in [0.2, 0.25) is 0 Å². The molecule has 180 valence electrons. The monoisotopic (exact) mass is 505 g/mol. The molecule has 0 aliphatic heterocycles. The largest absolute Gasteiger partial charge is 0.508 e. The minimum Gasteiger partial charge on any atom is -0.508 e. The summed E-state index contributed by atoms with van der Waals surface area (Å²) in [7, 11) is -9.09. The number of hydrogen-bond donors (Lipinski definition) is 2. The van der Waals surface area contributed by atoms with Gasteiger partial charge in [-0.3, -0.25) is 4.79 Å². The molecule has 0 amide bonds. The molecule has 0 radical (unpaired) electrons. The van der Waals surface area contributed by atoms with Gasteiger partial charge in [0.25, 0.3) is 0 Å². The summed E-state index contributed by atoms with van der Waals surface area (Å²) in [6.45, 7) is 1.10. The molecule has 0 bridgehead atoms. The molecular weight excluding hydrogens is 482 g/mol. The zero-order valence-corrected chi connectivity index (χ0v) is 19.8. The Bertz CT molecular complexity index is 1370. The molecule has 2 N–H and O–H groups in total.